The second-order valence-electron chi connectivity index (χ2n) is 4.82. The smallest absolute Gasteiger partial charge is 0.123 e. The van der Waals surface area contributed by atoms with Gasteiger partial charge in [0.2, 0.25) is 0 Å². The lowest BCUT2D eigenvalue weighted by molar-refractivity contribution is 0.480. The van der Waals surface area contributed by atoms with Crippen LogP contribution in [-0.2, 0) is 0 Å². The summed E-state index contributed by atoms with van der Waals surface area (Å²) in [6.45, 7) is 0. The predicted octanol–water partition coefficient (Wildman–Crippen LogP) is 3.77. The maximum atomic E-state index is 9.94. The largest absolute Gasteiger partial charge is 0.507 e. The normalized spacial score (nSPS) is 11.5. The van der Waals surface area contributed by atoms with Gasteiger partial charge in [0.15, 0.2) is 0 Å². The van der Waals surface area contributed by atoms with Crippen molar-refractivity contribution in [1.29, 1.82) is 0 Å². The molecule has 0 heterocycles. The molecule has 0 fully saturated rings. The van der Waals surface area contributed by atoms with Crippen molar-refractivity contribution < 1.29 is 5.11 Å². The third kappa shape index (κ3) is 3.60. The molecule has 0 aromatic heterocycles. The molecule has 3 heteroatoms. The van der Waals surface area contributed by atoms with Gasteiger partial charge in [0.1, 0.15) is 5.75 Å². The molecular weight excluding hydrogens is 289 g/mol. The zero-order valence-corrected chi connectivity index (χ0v) is 13.0. The molecule has 0 saturated carbocycles. The first-order valence-corrected chi connectivity index (χ1v) is 8.06. The van der Waals surface area contributed by atoms with E-state index in [1.54, 1.807) is 6.07 Å². The molecule has 0 spiro atoms. The van der Waals surface area contributed by atoms with Gasteiger partial charge >= 0.3 is 0 Å². The number of phenolic OH excluding ortho intramolecular Hbond substituents is 1. The van der Waals surface area contributed by atoms with Gasteiger partial charge in [-0.15, -0.1) is 0 Å². The van der Waals surface area contributed by atoms with Crippen LogP contribution in [0.25, 0.3) is 0 Å². The summed E-state index contributed by atoms with van der Waals surface area (Å²) in [7, 11) is 0.401. The van der Waals surface area contributed by atoms with Crippen LogP contribution in [-0.4, -0.2) is 11.3 Å². The van der Waals surface area contributed by atoms with Crippen LogP contribution in [0.3, 0.4) is 0 Å². The van der Waals surface area contributed by atoms with Crippen LogP contribution in [0.4, 0.5) is 5.69 Å². The highest BCUT2D eigenvalue weighted by atomic mass is 31.1. The van der Waals surface area contributed by atoms with Crippen molar-refractivity contribution in [3.05, 3.63) is 84.4 Å². The SMILES string of the molecule is Oc1ccccc1Pc1ccccc1C=Nc1ccccc1. The number of nitrogens with zero attached hydrogens (tertiary/aromatic N) is 1. The molecule has 22 heavy (non-hydrogen) atoms. The lowest BCUT2D eigenvalue weighted by Crippen LogP contribution is -2.08. The lowest BCUT2D eigenvalue weighted by Gasteiger charge is -2.07. The van der Waals surface area contributed by atoms with Crippen molar-refractivity contribution in [3.8, 4) is 5.75 Å². The van der Waals surface area contributed by atoms with E-state index in [4.69, 9.17) is 0 Å². The van der Waals surface area contributed by atoms with Crippen molar-refractivity contribution >= 4 is 31.1 Å². The number of para-hydroxylation sites is 2. The fourth-order valence-corrected chi connectivity index (χ4v) is 3.26. The number of benzene rings is 3. The van der Waals surface area contributed by atoms with Crippen LogP contribution in [0.15, 0.2) is 83.9 Å². The number of aliphatic imine (C=N–C) groups is 1. The Hall–Kier alpha value is -2.44. The molecule has 1 unspecified atom stereocenters. The summed E-state index contributed by atoms with van der Waals surface area (Å²) < 4.78 is 0. The summed E-state index contributed by atoms with van der Waals surface area (Å²) in [5.74, 6) is 0.343. The van der Waals surface area contributed by atoms with Crippen LogP contribution in [0.2, 0.25) is 0 Å². The molecule has 0 bridgehead atoms. The second kappa shape index (κ2) is 7.02. The maximum absolute atomic E-state index is 9.94. The Labute approximate surface area is 132 Å². The summed E-state index contributed by atoms with van der Waals surface area (Å²) >= 11 is 0. The van der Waals surface area contributed by atoms with Crippen molar-refractivity contribution in [1.82, 2.24) is 0 Å². The third-order valence-corrected chi connectivity index (χ3v) is 4.66. The van der Waals surface area contributed by atoms with E-state index < -0.39 is 0 Å². The number of aromatic hydroxyl groups is 1. The molecule has 0 amide bonds. The maximum Gasteiger partial charge on any atom is 0.123 e. The van der Waals surface area contributed by atoms with E-state index in [1.165, 1.54) is 5.30 Å². The van der Waals surface area contributed by atoms with Crippen molar-refractivity contribution in [2.45, 2.75) is 0 Å². The molecule has 3 rings (SSSR count). The van der Waals surface area contributed by atoms with E-state index in [2.05, 4.69) is 17.1 Å². The molecule has 108 valence electrons. The van der Waals surface area contributed by atoms with Gasteiger partial charge in [-0.3, -0.25) is 4.99 Å². The van der Waals surface area contributed by atoms with Gasteiger partial charge in [-0.05, 0) is 23.5 Å². The molecule has 0 aliphatic carbocycles. The predicted molar refractivity (Wildman–Crippen MR) is 95.8 cm³/mol. The molecular formula is C19H16NOP. The Kier molecular flexibility index (Phi) is 4.62. The zero-order valence-electron chi connectivity index (χ0n) is 12.0. The summed E-state index contributed by atoms with van der Waals surface area (Å²) in [4.78, 5) is 4.52. The molecule has 3 aromatic carbocycles. The lowest BCUT2D eigenvalue weighted by atomic mass is 10.2. The van der Waals surface area contributed by atoms with Crippen LogP contribution in [0, 0.1) is 0 Å². The first-order valence-electron chi connectivity index (χ1n) is 7.06. The minimum Gasteiger partial charge on any atom is -0.507 e. The van der Waals surface area contributed by atoms with Gasteiger partial charge in [0.05, 0.1) is 5.69 Å². The molecule has 2 nitrogen and oxygen atoms in total. The highest BCUT2D eigenvalue weighted by Gasteiger charge is 2.04. The van der Waals surface area contributed by atoms with Gasteiger partial charge in [-0.2, -0.15) is 0 Å². The molecule has 0 aliphatic rings. The number of hydrogen-bond acceptors (Lipinski definition) is 2. The van der Waals surface area contributed by atoms with E-state index in [-0.39, 0.29) is 0 Å². The molecule has 0 saturated heterocycles. The highest BCUT2D eigenvalue weighted by Crippen LogP contribution is 2.19. The minimum absolute atomic E-state index is 0.343. The van der Waals surface area contributed by atoms with Crippen LogP contribution < -0.4 is 10.6 Å². The van der Waals surface area contributed by atoms with Crippen molar-refractivity contribution in [2.75, 3.05) is 0 Å². The Bertz CT molecular complexity index is 784. The fraction of sp³-hybridized carbons (Fsp3) is 0. The van der Waals surface area contributed by atoms with Crippen LogP contribution in [0.1, 0.15) is 5.56 Å². The topological polar surface area (TPSA) is 32.6 Å². The Balaban J connectivity index is 1.87. The Morgan fingerprint density at radius 3 is 2.14 bits per heavy atom. The number of phenols is 1. The number of hydrogen-bond donors (Lipinski definition) is 1. The van der Waals surface area contributed by atoms with E-state index >= 15 is 0 Å². The van der Waals surface area contributed by atoms with Gasteiger partial charge in [-0.25, -0.2) is 0 Å². The first kappa shape index (κ1) is 14.5. The monoisotopic (exact) mass is 305 g/mol. The van der Waals surface area contributed by atoms with Crippen LogP contribution in [0.5, 0.6) is 5.75 Å². The molecule has 1 N–H and O–H groups in total. The second-order valence-corrected chi connectivity index (χ2v) is 6.15. The number of rotatable bonds is 4. The zero-order chi connectivity index (χ0) is 15.2. The Morgan fingerprint density at radius 2 is 1.36 bits per heavy atom. The van der Waals surface area contributed by atoms with E-state index in [0.717, 1.165) is 16.6 Å². The molecule has 0 radical (unpaired) electrons. The average Bonchev–Trinajstić information content (AvgIpc) is 2.57. The highest BCUT2D eigenvalue weighted by molar-refractivity contribution is 7.56. The quantitative estimate of drug-likeness (QED) is 0.577. The van der Waals surface area contributed by atoms with E-state index in [9.17, 15) is 5.11 Å². The molecule has 0 aliphatic heterocycles. The molecule has 3 aromatic rings. The summed E-state index contributed by atoms with van der Waals surface area (Å²) in [5.41, 5.74) is 2.01. The van der Waals surface area contributed by atoms with E-state index in [1.807, 2.05) is 66.9 Å². The van der Waals surface area contributed by atoms with Gasteiger partial charge in [0.25, 0.3) is 0 Å². The average molecular weight is 305 g/mol. The standard InChI is InChI=1S/C19H16NOP/c21-17-11-5-7-13-19(17)22-18-12-6-4-8-15(18)14-20-16-9-2-1-3-10-16/h1-14,21-22H. The minimum atomic E-state index is 0.343. The van der Waals surface area contributed by atoms with Crippen LogP contribution >= 0.6 is 8.58 Å². The summed E-state index contributed by atoms with van der Waals surface area (Å²) in [6, 6.07) is 25.5. The van der Waals surface area contributed by atoms with Crippen molar-refractivity contribution in [2.24, 2.45) is 4.99 Å². The first-order chi connectivity index (χ1) is 10.8. The van der Waals surface area contributed by atoms with Gasteiger partial charge in [-0.1, -0.05) is 69.2 Å². The van der Waals surface area contributed by atoms with Crippen molar-refractivity contribution in [3.63, 3.8) is 0 Å². The van der Waals surface area contributed by atoms with Gasteiger partial charge < -0.3 is 5.11 Å². The summed E-state index contributed by atoms with van der Waals surface area (Å²) in [6.07, 6.45) is 1.89. The summed E-state index contributed by atoms with van der Waals surface area (Å²) in [5, 5.41) is 12.1. The Morgan fingerprint density at radius 1 is 0.727 bits per heavy atom. The fourth-order valence-electron chi connectivity index (χ4n) is 2.11. The molecule has 1 atom stereocenters. The third-order valence-electron chi connectivity index (χ3n) is 3.24. The van der Waals surface area contributed by atoms with Gasteiger partial charge in [0, 0.05) is 17.1 Å². The van der Waals surface area contributed by atoms with E-state index in [0.29, 0.717) is 14.3 Å².